The van der Waals surface area contributed by atoms with Gasteiger partial charge in [-0.05, 0) is 32.1 Å². The SMILES string of the molecule is CC(C)NC(=O)Nc1ccccc1NC(=O)C=Cc1cn(C)c(=O)n(C)c1=O. The van der Waals surface area contributed by atoms with E-state index < -0.39 is 17.2 Å². The van der Waals surface area contributed by atoms with Crippen molar-refractivity contribution in [3.63, 3.8) is 0 Å². The van der Waals surface area contributed by atoms with Crippen LogP contribution in [-0.4, -0.2) is 27.1 Å². The van der Waals surface area contributed by atoms with Gasteiger partial charge in [0.2, 0.25) is 5.91 Å². The number of benzene rings is 1. The van der Waals surface area contributed by atoms with E-state index in [9.17, 15) is 19.2 Å². The van der Waals surface area contributed by atoms with E-state index in [0.717, 1.165) is 4.57 Å². The zero-order valence-corrected chi connectivity index (χ0v) is 16.1. The van der Waals surface area contributed by atoms with E-state index in [2.05, 4.69) is 16.0 Å². The number of hydrogen-bond acceptors (Lipinski definition) is 4. The highest BCUT2D eigenvalue weighted by Gasteiger charge is 2.09. The third kappa shape index (κ3) is 5.19. The Hall–Kier alpha value is -3.62. The van der Waals surface area contributed by atoms with E-state index in [0.29, 0.717) is 11.4 Å². The zero-order chi connectivity index (χ0) is 20.8. The van der Waals surface area contributed by atoms with E-state index in [1.807, 2.05) is 13.8 Å². The smallest absolute Gasteiger partial charge is 0.330 e. The van der Waals surface area contributed by atoms with Crippen LogP contribution in [-0.2, 0) is 18.9 Å². The largest absolute Gasteiger partial charge is 0.336 e. The molecule has 0 atom stereocenters. The summed E-state index contributed by atoms with van der Waals surface area (Å²) in [5.41, 5.74) is 0.0816. The average Bonchev–Trinajstić information content (AvgIpc) is 2.62. The number of rotatable bonds is 5. The normalized spacial score (nSPS) is 10.9. The molecule has 0 aliphatic heterocycles. The number of aromatic nitrogens is 2. The van der Waals surface area contributed by atoms with Crippen LogP contribution in [0.2, 0.25) is 0 Å². The maximum atomic E-state index is 12.2. The predicted molar refractivity (Wildman–Crippen MR) is 108 cm³/mol. The Morgan fingerprint density at radius 2 is 1.64 bits per heavy atom. The average molecular weight is 385 g/mol. The van der Waals surface area contributed by atoms with E-state index >= 15 is 0 Å². The molecule has 0 radical (unpaired) electrons. The van der Waals surface area contributed by atoms with Crippen molar-refractivity contribution < 1.29 is 9.59 Å². The molecule has 28 heavy (non-hydrogen) atoms. The minimum atomic E-state index is -0.500. The molecule has 1 heterocycles. The fourth-order valence-corrected chi connectivity index (χ4v) is 2.41. The third-order valence-corrected chi connectivity index (χ3v) is 3.74. The molecular weight excluding hydrogens is 362 g/mol. The topological polar surface area (TPSA) is 114 Å². The van der Waals surface area contributed by atoms with Gasteiger partial charge in [-0.25, -0.2) is 9.59 Å². The Labute approximate surface area is 161 Å². The molecule has 0 saturated heterocycles. The molecule has 2 rings (SSSR count). The van der Waals surface area contributed by atoms with Gasteiger partial charge in [0, 0.05) is 32.4 Å². The highest BCUT2D eigenvalue weighted by atomic mass is 16.2. The fraction of sp³-hybridized carbons (Fsp3) is 0.263. The molecule has 1 aromatic heterocycles. The first-order valence-electron chi connectivity index (χ1n) is 8.61. The summed E-state index contributed by atoms with van der Waals surface area (Å²) in [7, 11) is 2.88. The van der Waals surface area contributed by atoms with Crippen LogP contribution < -0.4 is 27.2 Å². The van der Waals surface area contributed by atoms with Gasteiger partial charge >= 0.3 is 11.7 Å². The van der Waals surface area contributed by atoms with E-state index in [1.54, 1.807) is 24.3 Å². The number of amides is 3. The molecule has 0 unspecified atom stereocenters. The second-order valence-electron chi connectivity index (χ2n) is 6.46. The fourth-order valence-electron chi connectivity index (χ4n) is 2.41. The van der Waals surface area contributed by atoms with E-state index in [1.165, 1.54) is 37.0 Å². The molecule has 148 valence electrons. The summed E-state index contributed by atoms with van der Waals surface area (Å²) in [6, 6.07) is 6.32. The highest BCUT2D eigenvalue weighted by Crippen LogP contribution is 2.20. The van der Waals surface area contributed by atoms with Gasteiger partial charge < -0.3 is 20.5 Å². The summed E-state index contributed by atoms with van der Waals surface area (Å²) in [6.07, 6.45) is 3.88. The molecule has 2 aromatic rings. The van der Waals surface area contributed by atoms with Gasteiger partial charge in [-0.2, -0.15) is 0 Å². The molecule has 0 aliphatic carbocycles. The number of hydrogen-bond donors (Lipinski definition) is 3. The number of nitrogens with zero attached hydrogens (tertiary/aromatic N) is 2. The van der Waals surface area contributed by atoms with Gasteiger partial charge in [-0.1, -0.05) is 12.1 Å². The lowest BCUT2D eigenvalue weighted by Gasteiger charge is -2.13. The van der Waals surface area contributed by atoms with Gasteiger partial charge in [-0.3, -0.25) is 14.2 Å². The highest BCUT2D eigenvalue weighted by molar-refractivity contribution is 6.05. The first-order valence-corrected chi connectivity index (χ1v) is 8.61. The molecule has 3 amide bonds. The van der Waals surface area contributed by atoms with Crippen molar-refractivity contribution in [2.45, 2.75) is 19.9 Å². The van der Waals surface area contributed by atoms with E-state index in [4.69, 9.17) is 0 Å². The van der Waals surface area contributed by atoms with Crippen LogP contribution in [0.4, 0.5) is 16.2 Å². The number of anilines is 2. The van der Waals surface area contributed by atoms with Crippen molar-refractivity contribution in [3.05, 3.63) is 62.9 Å². The number of aryl methyl sites for hydroxylation is 1. The Bertz CT molecular complexity index is 1030. The molecule has 0 fully saturated rings. The Morgan fingerprint density at radius 3 is 2.25 bits per heavy atom. The Morgan fingerprint density at radius 1 is 1.04 bits per heavy atom. The lowest BCUT2D eigenvalue weighted by molar-refractivity contribution is -0.111. The van der Waals surface area contributed by atoms with Crippen molar-refractivity contribution in [1.29, 1.82) is 0 Å². The summed E-state index contributed by atoms with van der Waals surface area (Å²) in [5, 5.41) is 8.02. The minimum Gasteiger partial charge on any atom is -0.336 e. The number of carbonyl (C=O) groups is 2. The van der Waals surface area contributed by atoms with Gasteiger partial charge in [0.15, 0.2) is 0 Å². The predicted octanol–water partition coefficient (Wildman–Crippen LogP) is 1.27. The van der Waals surface area contributed by atoms with Gasteiger partial charge in [0.1, 0.15) is 0 Å². The minimum absolute atomic E-state index is 0.0332. The molecule has 3 N–H and O–H groups in total. The number of para-hydroxylation sites is 2. The van der Waals surface area contributed by atoms with Gasteiger partial charge in [-0.15, -0.1) is 0 Å². The van der Waals surface area contributed by atoms with Crippen LogP contribution >= 0.6 is 0 Å². The van der Waals surface area contributed by atoms with Crippen LogP contribution in [0, 0.1) is 0 Å². The summed E-state index contributed by atoms with van der Waals surface area (Å²) in [5.74, 6) is -0.491. The molecule has 1 aromatic carbocycles. The van der Waals surface area contributed by atoms with Crippen LogP contribution in [0.5, 0.6) is 0 Å². The maximum Gasteiger partial charge on any atom is 0.330 e. The first-order chi connectivity index (χ1) is 13.2. The first kappa shape index (κ1) is 20.7. The Kier molecular flexibility index (Phi) is 6.54. The maximum absolute atomic E-state index is 12.2. The molecule has 0 aliphatic rings. The van der Waals surface area contributed by atoms with Crippen LogP contribution in [0.25, 0.3) is 6.08 Å². The van der Waals surface area contributed by atoms with Crippen LogP contribution in [0.15, 0.2) is 46.1 Å². The van der Waals surface area contributed by atoms with Crippen LogP contribution in [0.3, 0.4) is 0 Å². The summed E-state index contributed by atoms with van der Waals surface area (Å²) in [6.45, 7) is 3.67. The summed E-state index contributed by atoms with van der Waals surface area (Å²) < 4.78 is 2.22. The van der Waals surface area contributed by atoms with Crippen LogP contribution in [0.1, 0.15) is 19.4 Å². The van der Waals surface area contributed by atoms with Crippen molar-refractivity contribution in [2.75, 3.05) is 10.6 Å². The summed E-state index contributed by atoms with van der Waals surface area (Å²) >= 11 is 0. The molecule has 0 bridgehead atoms. The van der Waals surface area contributed by atoms with Crippen molar-refractivity contribution in [3.8, 4) is 0 Å². The number of urea groups is 1. The lowest BCUT2D eigenvalue weighted by Crippen LogP contribution is -2.37. The Balaban J connectivity index is 2.16. The van der Waals surface area contributed by atoms with E-state index in [-0.39, 0.29) is 17.6 Å². The number of nitrogens with one attached hydrogen (secondary N) is 3. The standard InChI is InChI=1S/C19H23N5O4/c1-12(2)20-18(27)22-15-8-6-5-7-14(15)21-16(25)10-9-13-11-23(3)19(28)24(4)17(13)26/h5-12H,1-4H3,(H,21,25)(H2,20,22,27). The molecule has 0 saturated carbocycles. The van der Waals surface area contributed by atoms with Crippen molar-refractivity contribution in [1.82, 2.24) is 14.5 Å². The van der Waals surface area contributed by atoms with Crippen molar-refractivity contribution in [2.24, 2.45) is 14.1 Å². The second kappa shape index (κ2) is 8.85. The lowest BCUT2D eigenvalue weighted by atomic mass is 10.2. The molecule has 0 spiro atoms. The van der Waals surface area contributed by atoms with Gasteiger partial charge in [0.25, 0.3) is 5.56 Å². The summed E-state index contributed by atoms with van der Waals surface area (Å²) in [4.78, 5) is 47.9. The monoisotopic (exact) mass is 385 g/mol. The quantitative estimate of drug-likeness (QED) is 0.672. The van der Waals surface area contributed by atoms with Crippen molar-refractivity contribution >= 4 is 29.4 Å². The third-order valence-electron chi connectivity index (χ3n) is 3.74. The molecule has 9 nitrogen and oxygen atoms in total. The zero-order valence-electron chi connectivity index (χ0n) is 16.1. The second-order valence-corrected chi connectivity index (χ2v) is 6.46. The number of carbonyl (C=O) groups excluding carboxylic acids is 2. The van der Waals surface area contributed by atoms with Gasteiger partial charge in [0.05, 0.1) is 16.9 Å². The molecular formula is C19H23N5O4. The molecule has 9 heteroatoms.